The number of ether oxygens (including phenoxy) is 1. The first-order valence-electron chi connectivity index (χ1n) is 8.41. The fraction of sp³-hybridized carbons (Fsp3) is 0.444. The minimum absolute atomic E-state index is 0.0564. The molecule has 2 aromatic rings. The molecule has 140 valence electrons. The van der Waals surface area contributed by atoms with Crippen LogP contribution < -0.4 is 5.32 Å². The van der Waals surface area contributed by atoms with E-state index >= 15 is 0 Å². The number of anilines is 1. The molecule has 0 saturated heterocycles. The Balaban J connectivity index is 2.03. The van der Waals surface area contributed by atoms with Crippen LogP contribution in [0, 0.1) is 13.8 Å². The number of carbonyl (C=O) groups excluding carboxylic acids is 2. The molecule has 0 aliphatic carbocycles. The van der Waals surface area contributed by atoms with E-state index in [9.17, 15) is 9.59 Å². The summed E-state index contributed by atoms with van der Waals surface area (Å²) in [6, 6.07) is 5.89. The van der Waals surface area contributed by atoms with Crippen molar-refractivity contribution >= 4 is 29.3 Å². The number of esters is 1. The summed E-state index contributed by atoms with van der Waals surface area (Å²) in [7, 11) is 1.77. The van der Waals surface area contributed by atoms with E-state index in [1.54, 1.807) is 18.5 Å². The van der Waals surface area contributed by atoms with Gasteiger partial charge >= 0.3 is 5.97 Å². The Morgan fingerprint density at radius 3 is 2.54 bits per heavy atom. The lowest BCUT2D eigenvalue weighted by Gasteiger charge is -2.15. The predicted octanol–water partition coefficient (Wildman–Crippen LogP) is 2.66. The van der Waals surface area contributed by atoms with Crippen molar-refractivity contribution < 1.29 is 14.3 Å². The van der Waals surface area contributed by atoms with Crippen LogP contribution in [0.3, 0.4) is 0 Å². The maximum absolute atomic E-state index is 12.5. The number of hydrogen-bond donors (Lipinski definition) is 1. The third kappa shape index (κ3) is 4.85. The van der Waals surface area contributed by atoms with Gasteiger partial charge in [-0.3, -0.25) is 9.59 Å². The molecule has 0 spiro atoms. The topological polar surface area (TPSA) is 86.1 Å². The third-order valence-corrected chi connectivity index (χ3v) is 5.05. The monoisotopic (exact) mass is 376 g/mol. The van der Waals surface area contributed by atoms with Crippen molar-refractivity contribution in [3.05, 3.63) is 35.2 Å². The van der Waals surface area contributed by atoms with E-state index in [0.29, 0.717) is 17.6 Å². The number of para-hydroxylation sites is 1. The second kappa shape index (κ2) is 8.84. The Kier molecular flexibility index (Phi) is 6.79. The molecule has 1 N–H and O–H groups in total. The minimum Gasteiger partial charge on any atom is -0.466 e. The van der Waals surface area contributed by atoms with E-state index in [0.717, 1.165) is 16.8 Å². The van der Waals surface area contributed by atoms with E-state index < -0.39 is 0 Å². The van der Waals surface area contributed by atoms with Crippen molar-refractivity contribution in [2.75, 3.05) is 11.9 Å². The largest absolute Gasteiger partial charge is 0.466 e. The van der Waals surface area contributed by atoms with Gasteiger partial charge < -0.3 is 14.6 Å². The van der Waals surface area contributed by atoms with Crippen LogP contribution in [0.25, 0.3) is 0 Å². The molecule has 0 aliphatic heterocycles. The molecule has 0 fully saturated rings. The van der Waals surface area contributed by atoms with Gasteiger partial charge in [0.1, 0.15) is 12.2 Å². The average molecular weight is 376 g/mol. The lowest BCUT2D eigenvalue weighted by Crippen LogP contribution is -2.23. The fourth-order valence-electron chi connectivity index (χ4n) is 2.39. The molecule has 0 radical (unpaired) electrons. The molecule has 1 atom stereocenters. The first-order chi connectivity index (χ1) is 12.3. The number of carbonyl (C=O) groups is 2. The van der Waals surface area contributed by atoms with Gasteiger partial charge in [0.05, 0.1) is 11.9 Å². The van der Waals surface area contributed by atoms with Gasteiger partial charge in [-0.1, -0.05) is 30.0 Å². The highest BCUT2D eigenvalue weighted by atomic mass is 32.2. The molecule has 1 heterocycles. The van der Waals surface area contributed by atoms with Crippen LogP contribution >= 0.6 is 11.8 Å². The molecule has 1 aromatic heterocycles. The molecule has 0 aliphatic rings. The van der Waals surface area contributed by atoms with E-state index in [2.05, 4.69) is 15.5 Å². The van der Waals surface area contributed by atoms with Gasteiger partial charge in [-0.15, -0.1) is 10.2 Å². The second-order valence-corrected chi connectivity index (χ2v) is 7.26. The van der Waals surface area contributed by atoms with Gasteiger partial charge in [0, 0.05) is 12.7 Å². The molecule has 1 amide bonds. The van der Waals surface area contributed by atoms with Crippen molar-refractivity contribution in [2.45, 2.75) is 44.5 Å². The number of benzene rings is 1. The van der Waals surface area contributed by atoms with E-state index in [1.807, 2.05) is 39.0 Å². The number of thioether (sulfide) groups is 1. The fourth-order valence-corrected chi connectivity index (χ4v) is 3.22. The Morgan fingerprint density at radius 2 is 1.92 bits per heavy atom. The summed E-state index contributed by atoms with van der Waals surface area (Å²) >= 11 is 1.30. The van der Waals surface area contributed by atoms with Crippen molar-refractivity contribution in [1.82, 2.24) is 14.8 Å². The average Bonchev–Trinajstić information content (AvgIpc) is 2.91. The highest BCUT2D eigenvalue weighted by Crippen LogP contribution is 2.25. The molecule has 2 rings (SSSR count). The maximum atomic E-state index is 12.5. The summed E-state index contributed by atoms with van der Waals surface area (Å²) in [5, 5.41) is 11.3. The molecular formula is C18H24N4O3S. The van der Waals surface area contributed by atoms with Crippen LogP contribution in [-0.2, 0) is 27.8 Å². The van der Waals surface area contributed by atoms with Gasteiger partial charge in [0.15, 0.2) is 5.16 Å². The van der Waals surface area contributed by atoms with Crippen LogP contribution in [0.5, 0.6) is 0 Å². The summed E-state index contributed by atoms with van der Waals surface area (Å²) in [5.41, 5.74) is 2.88. The number of amides is 1. The second-order valence-electron chi connectivity index (χ2n) is 5.96. The Morgan fingerprint density at radius 1 is 1.27 bits per heavy atom. The lowest BCUT2D eigenvalue weighted by molar-refractivity contribution is -0.142. The molecule has 0 unspecified atom stereocenters. The van der Waals surface area contributed by atoms with Gasteiger partial charge in [-0.25, -0.2) is 0 Å². The molecule has 0 bridgehead atoms. The number of aromatic nitrogens is 3. The molecule has 7 nitrogen and oxygen atoms in total. The van der Waals surface area contributed by atoms with Gasteiger partial charge in [0.2, 0.25) is 5.91 Å². The predicted molar refractivity (Wildman–Crippen MR) is 101 cm³/mol. The Labute approximate surface area is 157 Å². The minimum atomic E-state index is -0.368. The summed E-state index contributed by atoms with van der Waals surface area (Å²) in [6.07, 6.45) is 0.0564. The van der Waals surface area contributed by atoms with Gasteiger partial charge in [-0.2, -0.15) is 0 Å². The molecular weight excluding hydrogens is 352 g/mol. The molecule has 1 aromatic carbocycles. The quantitative estimate of drug-likeness (QED) is 0.591. The number of hydrogen-bond acceptors (Lipinski definition) is 6. The number of nitrogens with one attached hydrogen (secondary N) is 1. The number of nitrogens with zero attached hydrogens (tertiary/aromatic N) is 3. The summed E-state index contributed by atoms with van der Waals surface area (Å²) in [4.78, 5) is 24.1. The van der Waals surface area contributed by atoms with Crippen molar-refractivity contribution in [1.29, 1.82) is 0 Å². The third-order valence-electron chi connectivity index (χ3n) is 3.91. The molecule has 26 heavy (non-hydrogen) atoms. The van der Waals surface area contributed by atoms with Crippen LogP contribution in [0.2, 0.25) is 0 Å². The SMILES string of the molecule is CCOC(=O)Cc1nnc(S[C@H](C)C(=O)Nc2c(C)cccc2C)n1C. The molecule has 0 saturated carbocycles. The highest BCUT2D eigenvalue weighted by Gasteiger charge is 2.21. The highest BCUT2D eigenvalue weighted by molar-refractivity contribution is 8.00. The number of aryl methyl sites for hydroxylation is 2. The van der Waals surface area contributed by atoms with Crippen LogP contribution in [0.15, 0.2) is 23.4 Å². The van der Waals surface area contributed by atoms with E-state index in [1.165, 1.54) is 11.8 Å². The van der Waals surface area contributed by atoms with E-state index in [4.69, 9.17) is 4.74 Å². The Hall–Kier alpha value is -2.35. The zero-order valence-corrected chi connectivity index (χ0v) is 16.5. The number of rotatable bonds is 7. The summed E-state index contributed by atoms with van der Waals surface area (Å²) in [6.45, 7) is 7.82. The van der Waals surface area contributed by atoms with E-state index in [-0.39, 0.29) is 23.5 Å². The van der Waals surface area contributed by atoms with Crippen molar-refractivity contribution in [3.8, 4) is 0 Å². The van der Waals surface area contributed by atoms with Gasteiger partial charge in [-0.05, 0) is 38.8 Å². The zero-order valence-electron chi connectivity index (χ0n) is 15.7. The van der Waals surface area contributed by atoms with Crippen molar-refractivity contribution in [2.24, 2.45) is 7.05 Å². The van der Waals surface area contributed by atoms with Gasteiger partial charge in [0.25, 0.3) is 0 Å². The maximum Gasteiger partial charge on any atom is 0.313 e. The first kappa shape index (κ1) is 20.0. The van der Waals surface area contributed by atoms with Crippen LogP contribution in [-0.4, -0.2) is 38.5 Å². The zero-order chi connectivity index (χ0) is 19.3. The smallest absolute Gasteiger partial charge is 0.313 e. The van der Waals surface area contributed by atoms with Crippen molar-refractivity contribution in [3.63, 3.8) is 0 Å². The first-order valence-corrected chi connectivity index (χ1v) is 9.29. The van der Waals surface area contributed by atoms with Crippen LogP contribution in [0.4, 0.5) is 5.69 Å². The summed E-state index contributed by atoms with van der Waals surface area (Å²) in [5.74, 6) is 0.0519. The standard InChI is InChI=1S/C18H24N4O3S/c1-6-25-15(23)10-14-20-21-18(22(14)5)26-13(4)17(24)19-16-11(2)8-7-9-12(16)3/h7-9,13H,6,10H2,1-5H3,(H,19,24)/t13-/m1/s1. The molecule has 8 heteroatoms. The van der Waals surface area contributed by atoms with Crippen LogP contribution in [0.1, 0.15) is 30.8 Å². The lowest BCUT2D eigenvalue weighted by atomic mass is 10.1. The normalized spacial score (nSPS) is 11.9. The summed E-state index contributed by atoms with van der Waals surface area (Å²) < 4.78 is 6.64. The Bertz CT molecular complexity index is 783.